The Bertz CT molecular complexity index is 566. The van der Waals surface area contributed by atoms with Gasteiger partial charge >= 0.3 is 5.69 Å². The van der Waals surface area contributed by atoms with Crippen LogP contribution in [-0.4, -0.2) is 17.0 Å². The van der Waals surface area contributed by atoms with Crippen molar-refractivity contribution in [1.29, 1.82) is 0 Å². The van der Waals surface area contributed by atoms with Crippen LogP contribution in [0, 0.1) is 17.0 Å². The first-order chi connectivity index (χ1) is 8.11. The Labute approximate surface area is 102 Å². The highest BCUT2D eigenvalue weighted by Crippen LogP contribution is 2.32. The van der Waals surface area contributed by atoms with Crippen molar-refractivity contribution in [3.05, 3.63) is 38.7 Å². The average Bonchev–Trinajstić information content (AvgIpc) is 2.75. The smallest absolute Gasteiger partial charge is 0.311 e. The van der Waals surface area contributed by atoms with Gasteiger partial charge in [0.1, 0.15) is 0 Å². The number of ether oxygens (including phenoxy) is 1. The zero-order chi connectivity index (χ0) is 12.4. The molecule has 0 aliphatic rings. The van der Waals surface area contributed by atoms with Crippen molar-refractivity contribution in [3.63, 3.8) is 0 Å². The molecule has 0 saturated heterocycles. The second kappa shape index (κ2) is 4.50. The minimum atomic E-state index is -0.457. The SMILES string of the molecule is COc1ccc(-c2csc(C)n2)cc1[N+](=O)[O-]. The van der Waals surface area contributed by atoms with Gasteiger partial charge in [0.2, 0.25) is 0 Å². The summed E-state index contributed by atoms with van der Waals surface area (Å²) in [6.07, 6.45) is 0. The Hall–Kier alpha value is -1.95. The van der Waals surface area contributed by atoms with Crippen LogP contribution in [0.1, 0.15) is 5.01 Å². The van der Waals surface area contributed by atoms with Gasteiger partial charge in [-0.05, 0) is 19.1 Å². The normalized spacial score (nSPS) is 10.2. The first-order valence-corrected chi connectivity index (χ1v) is 5.74. The second-order valence-corrected chi connectivity index (χ2v) is 4.46. The van der Waals surface area contributed by atoms with Gasteiger partial charge in [-0.1, -0.05) is 0 Å². The molecule has 0 unspecified atom stereocenters. The van der Waals surface area contributed by atoms with Gasteiger partial charge in [0.15, 0.2) is 5.75 Å². The van der Waals surface area contributed by atoms with Crippen molar-refractivity contribution in [2.75, 3.05) is 7.11 Å². The van der Waals surface area contributed by atoms with Crippen molar-refractivity contribution >= 4 is 17.0 Å². The quantitative estimate of drug-likeness (QED) is 0.620. The minimum Gasteiger partial charge on any atom is -0.490 e. The van der Waals surface area contributed by atoms with Crippen LogP contribution in [0.4, 0.5) is 5.69 Å². The Morgan fingerprint density at radius 2 is 2.24 bits per heavy atom. The molecule has 0 fully saturated rings. The first kappa shape index (κ1) is 11.5. The van der Waals surface area contributed by atoms with Crippen LogP contribution in [0.5, 0.6) is 5.75 Å². The number of thiazole rings is 1. The van der Waals surface area contributed by atoms with Crippen molar-refractivity contribution in [1.82, 2.24) is 4.98 Å². The monoisotopic (exact) mass is 250 g/mol. The second-order valence-electron chi connectivity index (χ2n) is 3.40. The van der Waals surface area contributed by atoms with Crippen LogP contribution >= 0.6 is 11.3 Å². The minimum absolute atomic E-state index is 0.0457. The lowest BCUT2D eigenvalue weighted by molar-refractivity contribution is -0.385. The lowest BCUT2D eigenvalue weighted by atomic mass is 10.1. The molecule has 0 N–H and O–H groups in total. The Morgan fingerprint density at radius 1 is 1.47 bits per heavy atom. The predicted molar refractivity (Wildman–Crippen MR) is 65.5 cm³/mol. The summed E-state index contributed by atoms with van der Waals surface area (Å²) < 4.78 is 4.94. The zero-order valence-electron chi connectivity index (χ0n) is 9.34. The maximum atomic E-state index is 10.9. The molecule has 88 valence electrons. The molecule has 0 atom stereocenters. The topological polar surface area (TPSA) is 65.3 Å². The van der Waals surface area contributed by atoms with Gasteiger partial charge < -0.3 is 4.74 Å². The molecule has 0 spiro atoms. The number of rotatable bonds is 3. The van der Waals surface area contributed by atoms with Gasteiger partial charge in [-0.3, -0.25) is 10.1 Å². The van der Waals surface area contributed by atoms with E-state index in [9.17, 15) is 10.1 Å². The number of hydrogen-bond donors (Lipinski definition) is 0. The summed E-state index contributed by atoms with van der Waals surface area (Å²) in [6, 6.07) is 4.83. The summed E-state index contributed by atoms with van der Waals surface area (Å²) >= 11 is 1.51. The van der Waals surface area contributed by atoms with E-state index >= 15 is 0 Å². The summed E-state index contributed by atoms with van der Waals surface area (Å²) in [5, 5.41) is 13.7. The molecule has 0 bridgehead atoms. The number of nitrogens with zero attached hydrogens (tertiary/aromatic N) is 2. The third-order valence-corrected chi connectivity index (χ3v) is 3.06. The van der Waals surface area contributed by atoms with E-state index in [1.165, 1.54) is 24.5 Å². The Kier molecular flexibility index (Phi) is 3.06. The van der Waals surface area contributed by atoms with Crippen LogP contribution in [0.15, 0.2) is 23.6 Å². The van der Waals surface area contributed by atoms with Crippen LogP contribution in [0.2, 0.25) is 0 Å². The van der Waals surface area contributed by atoms with Crippen molar-refractivity contribution in [2.45, 2.75) is 6.92 Å². The Morgan fingerprint density at radius 3 is 2.76 bits per heavy atom. The fraction of sp³-hybridized carbons (Fsp3) is 0.182. The van der Waals surface area contributed by atoms with Crippen LogP contribution in [0.3, 0.4) is 0 Å². The fourth-order valence-electron chi connectivity index (χ4n) is 1.49. The highest BCUT2D eigenvalue weighted by molar-refractivity contribution is 7.09. The molecule has 1 aromatic heterocycles. The lowest BCUT2D eigenvalue weighted by Gasteiger charge is -2.02. The molecule has 6 heteroatoms. The largest absolute Gasteiger partial charge is 0.490 e. The molecule has 0 aliphatic carbocycles. The molecule has 0 aliphatic heterocycles. The van der Waals surface area contributed by atoms with Crippen molar-refractivity contribution < 1.29 is 9.66 Å². The van der Waals surface area contributed by atoms with Gasteiger partial charge in [-0.2, -0.15) is 0 Å². The van der Waals surface area contributed by atoms with Gasteiger partial charge in [0, 0.05) is 17.0 Å². The molecule has 2 rings (SSSR count). The van der Waals surface area contributed by atoms with Gasteiger partial charge in [0.25, 0.3) is 0 Å². The molecule has 0 radical (unpaired) electrons. The predicted octanol–water partition coefficient (Wildman–Crippen LogP) is 3.04. The average molecular weight is 250 g/mol. The molecule has 2 aromatic rings. The van der Waals surface area contributed by atoms with Crippen LogP contribution < -0.4 is 4.74 Å². The van der Waals surface area contributed by atoms with Crippen molar-refractivity contribution in [3.8, 4) is 17.0 Å². The lowest BCUT2D eigenvalue weighted by Crippen LogP contribution is -1.94. The van der Waals surface area contributed by atoms with E-state index in [0.29, 0.717) is 0 Å². The number of aryl methyl sites for hydroxylation is 1. The van der Waals surface area contributed by atoms with Gasteiger partial charge in [-0.25, -0.2) is 4.98 Å². The number of nitro groups is 1. The van der Waals surface area contributed by atoms with E-state index in [2.05, 4.69) is 4.98 Å². The summed E-state index contributed by atoms with van der Waals surface area (Å²) in [5.41, 5.74) is 1.43. The summed E-state index contributed by atoms with van der Waals surface area (Å²) in [6.45, 7) is 1.89. The maximum absolute atomic E-state index is 10.9. The number of methoxy groups -OCH3 is 1. The van der Waals surface area contributed by atoms with E-state index in [4.69, 9.17) is 4.74 Å². The molecule has 1 heterocycles. The molecular weight excluding hydrogens is 240 g/mol. The number of hydrogen-bond acceptors (Lipinski definition) is 5. The standard InChI is InChI=1S/C11H10N2O3S/c1-7-12-9(6-17-7)8-3-4-11(16-2)10(5-8)13(14)15/h3-6H,1-2H3. The molecule has 1 aromatic carbocycles. The zero-order valence-corrected chi connectivity index (χ0v) is 10.2. The molecule has 17 heavy (non-hydrogen) atoms. The summed E-state index contributed by atoms with van der Waals surface area (Å²) in [5.74, 6) is 0.255. The van der Waals surface area contributed by atoms with E-state index in [1.54, 1.807) is 12.1 Å². The maximum Gasteiger partial charge on any atom is 0.311 e. The number of nitro benzene ring substituents is 1. The van der Waals surface area contributed by atoms with E-state index in [1.807, 2.05) is 12.3 Å². The first-order valence-electron chi connectivity index (χ1n) is 4.86. The molecule has 5 nitrogen and oxygen atoms in total. The van der Waals surface area contributed by atoms with Crippen molar-refractivity contribution in [2.24, 2.45) is 0 Å². The third-order valence-electron chi connectivity index (χ3n) is 2.29. The Balaban J connectivity index is 2.50. The van der Waals surface area contributed by atoms with E-state index in [0.717, 1.165) is 16.3 Å². The highest BCUT2D eigenvalue weighted by atomic mass is 32.1. The van der Waals surface area contributed by atoms with Gasteiger partial charge in [0.05, 0.1) is 22.7 Å². The van der Waals surface area contributed by atoms with E-state index in [-0.39, 0.29) is 11.4 Å². The van der Waals surface area contributed by atoms with Crippen LogP contribution in [0.25, 0.3) is 11.3 Å². The number of benzene rings is 1. The highest BCUT2D eigenvalue weighted by Gasteiger charge is 2.16. The molecular formula is C11H10N2O3S. The molecule has 0 amide bonds. The molecule has 0 saturated carbocycles. The van der Waals surface area contributed by atoms with Gasteiger partial charge in [-0.15, -0.1) is 11.3 Å². The summed E-state index contributed by atoms with van der Waals surface area (Å²) in [4.78, 5) is 14.7. The van der Waals surface area contributed by atoms with Crippen LogP contribution in [-0.2, 0) is 0 Å². The van der Waals surface area contributed by atoms with E-state index < -0.39 is 4.92 Å². The number of aromatic nitrogens is 1. The third kappa shape index (κ3) is 2.26. The summed E-state index contributed by atoms with van der Waals surface area (Å²) in [7, 11) is 1.41. The fourth-order valence-corrected chi connectivity index (χ4v) is 2.11.